The third-order valence-electron chi connectivity index (χ3n) is 5.52. The van der Waals surface area contributed by atoms with Crippen molar-refractivity contribution in [2.45, 2.75) is 86.2 Å². The predicted molar refractivity (Wildman–Crippen MR) is 118 cm³/mol. The molecule has 0 amide bonds. The molecule has 6 heteroatoms. The lowest BCUT2D eigenvalue weighted by Gasteiger charge is -2.08. The smallest absolute Gasteiger partial charge is 0.339 e. The highest BCUT2D eigenvalue weighted by Gasteiger charge is 2.28. The summed E-state index contributed by atoms with van der Waals surface area (Å²) in [4.78, 5) is 25.2. The lowest BCUT2D eigenvalue weighted by molar-refractivity contribution is -0.678. The monoisotopic (exact) mass is 417 g/mol. The number of rotatable bonds is 12. The van der Waals surface area contributed by atoms with Crippen LogP contribution in [-0.2, 0) is 22.6 Å². The molecule has 0 aliphatic heterocycles. The van der Waals surface area contributed by atoms with Gasteiger partial charge in [0.2, 0.25) is 0 Å². The lowest BCUT2D eigenvalue weighted by atomic mass is 10.1. The van der Waals surface area contributed by atoms with Crippen LogP contribution >= 0.6 is 0 Å². The molecule has 30 heavy (non-hydrogen) atoms. The van der Waals surface area contributed by atoms with E-state index in [4.69, 9.17) is 9.47 Å². The molecule has 0 spiro atoms. The van der Waals surface area contributed by atoms with Gasteiger partial charge >= 0.3 is 11.9 Å². The van der Waals surface area contributed by atoms with Crippen molar-refractivity contribution in [1.82, 2.24) is 4.57 Å². The van der Waals surface area contributed by atoms with Gasteiger partial charge in [0.1, 0.15) is 0 Å². The summed E-state index contributed by atoms with van der Waals surface area (Å²) in [5, 5.41) is 0. The molecule has 0 radical (unpaired) electrons. The maximum atomic E-state index is 12.6. The number of carbonyl (C=O) groups excluding carboxylic acids is 2. The number of aryl methyl sites for hydroxylation is 2. The van der Waals surface area contributed by atoms with Crippen molar-refractivity contribution in [3.05, 3.63) is 29.1 Å². The fraction of sp³-hybridized carbons (Fsp3) is 0.625. The van der Waals surface area contributed by atoms with Gasteiger partial charge < -0.3 is 9.47 Å². The minimum atomic E-state index is -0.494. The van der Waals surface area contributed by atoms with E-state index in [0.29, 0.717) is 0 Å². The number of hydrogen-bond donors (Lipinski definition) is 0. The summed E-state index contributed by atoms with van der Waals surface area (Å²) in [7, 11) is 0. The Balaban J connectivity index is 2.47. The minimum absolute atomic E-state index is 0.255. The highest BCUT2D eigenvalue weighted by atomic mass is 16.5. The third kappa shape index (κ3) is 5.41. The van der Waals surface area contributed by atoms with Crippen molar-refractivity contribution < 1.29 is 23.6 Å². The second kappa shape index (κ2) is 11.7. The van der Waals surface area contributed by atoms with Crippen molar-refractivity contribution in [1.29, 1.82) is 0 Å². The van der Waals surface area contributed by atoms with Crippen molar-refractivity contribution >= 4 is 23.0 Å². The second-order valence-electron chi connectivity index (χ2n) is 7.54. The van der Waals surface area contributed by atoms with E-state index in [1.807, 2.05) is 0 Å². The number of hydrogen-bond acceptors (Lipinski definition) is 4. The van der Waals surface area contributed by atoms with Crippen LogP contribution in [0.5, 0.6) is 0 Å². The SMILES string of the molecule is CCCCCCCC[n+]1c(C)n(CC)c2cc(C(=O)OCC)c(C(=O)OCC)cc21. The van der Waals surface area contributed by atoms with E-state index in [-0.39, 0.29) is 24.3 Å². The number of fused-ring (bicyclic) bond motifs is 1. The molecule has 0 unspecified atom stereocenters. The average molecular weight is 418 g/mol. The predicted octanol–water partition coefficient (Wildman–Crippen LogP) is 4.97. The summed E-state index contributed by atoms with van der Waals surface area (Å²) < 4.78 is 14.9. The first-order chi connectivity index (χ1) is 14.5. The van der Waals surface area contributed by atoms with Crippen LogP contribution in [0.15, 0.2) is 12.1 Å². The Bertz CT molecular complexity index is 870. The van der Waals surface area contributed by atoms with E-state index in [2.05, 4.69) is 29.9 Å². The Labute approximate surface area is 180 Å². The first-order valence-corrected chi connectivity index (χ1v) is 11.4. The highest BCUT2D eigenvalue weighted by molar-refractivity contribution is 6.06. The Morgan fingerprint density at radius 1 is 0.867 bits per heavy atom. The fourth-order valence-electron chi connectivity index (χ4n) is 3.99. The largest absolute Gasteiger partial charge is 0.462 e. The molecule has 1 heterocycles. The number of aromatic nitrogens is 2. The highest BCUT2D eigenvalue weighted by Crippen LogP contribution is 2.23. The average Bonchev–Trinajstić information content (AvgIpc) is 2.99. The van der Waals surface area contributed by atoms with E-state index in [1.54, 1.807) is 26.0 Å². The van der Waals surface area contributed by atoms with Crippen LogP contribution in [0.2, 0.25) is 0 Å². The summed E-state index contributed by atoms with van der Waals surface area (Å²) >= 11 is 0. The maximum Gasteiger partial charge on any atom is 0.339 e. The zero-order valence-electron chi connectivity index (χ0n) is 19.3. The first kappa shape index (κ1) is 23.9. The van der Waals surface area contributed by atoms with Gasteiger partial charge in [0, 0.05) is 19.1 Å². The van der Waals surface area contributed by atoms with E-state index in [9.17, 15) is 9.59 Å². The van der Waals surface area contributed by atoms with Crippen LogP contribution in [0, 0.1) is 6.92 Å². The summed E-state index contributed by atoms with van der Waals surface area (Å²) in [6, 6.07) is 3.59. The van der Waals surface area contributed by atoms with Crippen LogP contribution < -0.4 is 4.57 Å². The van der Waals surface area contributed by atoms with Crippen LogP contribution in [0.25, 0.3) is 11.0 Å². The van der Waals surface area contributed by atoms with Gasteiger partial charge in [-0.2, -0.15) is 0 Å². The Morgan fingerprint density at radius 3 is 2.00 bits per heavy atom. The van der Waals surface area contributed by atoms with Gasteiger partial charge in [-0.05, 0) is 33.6 Å². The number of unbranched alkanes of at least 4 members (excludes halogenated alkanes) is 5. The molecular formula is C24H37N2O4+. The van der Waals surface area contributed by atoms with Gasteiger partial charge in [-0.3, -0.25) is 0 Å². The zero-order chi connectivity index (χ0) is 22.1. The standard InChI is InChI=1S/C24H37N2O4/c1-6-10-11-12-13-14-15-26-18(5)25(7-2)21-16-19(23(27)29-8-3)20(17-22(21)26)24(28)30-9-4/h16-17H,6-15H2,1-5H3/q+1. The van der Waals surface area contributed by atoms with E-state index in [0.717, 1.165) is 36.4 Å². The van der Waals surface area contributed by atoms with E-state index < -0.39 is 11.9 Å². The molecule has 166 valence electrons. The lowest BCUT2D eigenvalue weighted by Crippen LogP contribution is -2.36. The third-order valence-corrected chi connectivity index (χ3v) is 5.52. The molecule has 1 aromatic carbocycles. The molecule has 6 nitrogen and oxygen atoms in total. The number of nitrogens with zero attached hydrogens (tertiary/aromatic N) is 2. The molecule has 0 bridgehead atoms. The van der Waals surface area contributed by atoms with E-state index >= 15 is 0 Å². The minimum Gasteiger partial charge on any atom is -0.462 e. The van der Waals surface area contributed by atoms with Crippen LogP contribution in [0.1, 0.15) is 92.8 Å². The second-order valence-corrected chi connectivity index (χ2v) is 7.54. The van der Waals surface area contributed by atoms with Gasteiger partial charge in [-0.15, -0.1) is 0 Å². The Hall–Kier alpha value is -2.37. The van der Waals surface area contributed by atoms with E-state index in [1.165, 1.54) is 32.1 Å². The fourth-order valence-corrected chi connectivity index (χ4v) is 3.99. The molecule has 0 saturated carbocycles. The normalized spacial score (nSPS) is 11.1. The topological polar surface area (TPSA) is 61.4 Å². The molecule has 0 aliphatic carbocycles. The van der Waals surface area contributed by atoms with Crippen LogP contribution in [0.4, 0.5) is 0 Å². The number of esters is 2. The van der Waals surface area contributed by atoms with Crippen LogP contribution in [0.3, 0.4) is 0 Å². The van der Waals surface area contributed by atoms with Crippen LogP contribution in [-0.4, -0.2) is 29.7 Å². The van der Waals surface area contributed by atoms with Gasteiger partial charge in [0.25, 0.3) is 5.82 Å². The number of benzene rings is 1. The van der Waals surface area contributed by atoms with Crippen molar-refractivity contribution in [2.75, 3.05) is 13.2 Å². The molecule has 2 rings (SSSR count). The molecule has 0 fully saturated rings. The van der Waals surface area contributed by atoms with Gasteiger partial charge in [0.15, 0.2) is 11.0 Å². The summed E-state index contributed by atoms with van der Waals surface area (Å²) in [6.07, 6.45) is 7.36. The number of carbonyl (C=O) groups is 2. The Morgan fingerprint density at radius 2 is 1.43 bits per heavy atom. The van der Waals surface area contributed by atoms with Gasteiger partial charge in [0.05, 0.1) is 37.4 Å². The summed E-state index contributed by atoms with van der Waals surface area (Å²) in [6.45, 7) is 12.1. The molecule has 0 saturated heterocycles. The van der Waals surface area contributed by atoms with Crippen molar-refractivity contribution in [3.8, 4) is 0 Å². The number of ether oxygens (including phenoxy) is 2. The summed E-state index contributed by atoms with van der Waals surface area (Å²) in [5.41, 5.74) is 2.44. The van der Waals surface area contributed by atoms with Crippen molar-refractivity contribution in [3.63, 3.8) is 0 Å². The quantitative estimate of drug-likeness (QED) is 0.278. The molecular weight excluding hydrogens is 380 g/mol. The molecule has 0 atom stereocenters. The number of imidazole rings is 1. The molecule has 1 aromatic heterocycles. The molecule has 0 aliphatic rings. The zero-order valence-corrected chi connectivity index (χ0v) is 19.3. The molecule has 0 N–H and O–H groups in total. The summed E-state index contributed by atoms with van der Waals surface area (Å²) in [5.74, 6) is 0.138. The van der Waals surface area contributed by atoms with Crippen molar-refractivity contribution in [2.24, 2.45) is 0 Å². The van der Waals surface area contributed by atoms with Gasteiger partial charge in [-0.25, -0.2) is 18.7 Å². The Kier molecular flexibility index (Phi) is 9.34. The first-order valence-electron chi connectivity index (χ1n) is 11.4. The maximum absolute atomic E-state index is 12.6. The van der Waals surface area contributed by atoms with Gasteiger partial charge in [-0.1, -0.05) is 32.6 Å². The molecule has 2 aromatic rings.